The minimum atomic E-state index is -0.683. The number of nitrogens with one attached hydrogen (secondary N) is 1. The van der Waals surface area contributed by atoms with Gasteiger partial charge in [0.15, 0.2) is 0 Å². The Balaban J connectivity index is 2.70. The lowest BCUT2D eigenvalue weighted by atomic mass is 10.3. The van der Waals surface area contributed by atoms with Gasteiger partial charge in [-0.15, -0.1) is 0 Å². The highest BCUT2D eigenvalue weighted by atomic mass is 19.1. The summed E-state index contributed by atoms with van der Waals surface area (Å²) < 4.78 is 26.5. The molecule has 6 heteroatoms. The molecule has 112 valence electrons. The zero-order chi connectivity index (χ0) is 15.0. The first kappa shape index (κ1) is 16.4. The van der Waals surface area contributed by atoms with E-state index >= 15 is 0 Å². The lowest BCUT2D eigenvalue weighted by molar-refractivity contribution is 0.201. The lowest BCUT2D eigenvalue weighted by Gasteiger charge is -2.22. The smallest absolute Gasteiger partial charge is 0.321 e. The number of halogens is 2. The molecule has 1 rings (SSSR count). The van der Waals surface area contributed by atoms with Crippen molar-refractivity contribution < 1.29 is 18.7 Å². The molecule has 4 nitrogen and oxygen atoms in total. The van der Waals surface area contributed by atoms with Crippen molar-refractivity contribution in [2.24, 2.45) is 0 Å². The topological polar surface area (TPSA) is 52.6 Å². The maximum absolute atomic E-state index is 13.5. The van der Waals surface area contributed by atoms with E-state index in [1.165, 1.54) is 4.90 Å². The molecule has 0 aromatic heterocycles. The molecule has 0 unspecified atom stereocenters. The van der Waals surface area contributed by atoms with Crippen LogP contribution in [0.25, 0.3) is 0 Å². The number of rotatable bonds is 7. The normalized spacial score (nSPS) is 10.4. The third kappa shape index (κ3) is 5.13. The van der Waals surface area contributed by atoms with Crippen LogP contribution in [0.4, 0.5) is 19.3 Å². The number of nitrogens with zero attached hydrogens (tertiary/aromatic N) is 1. The van der Waals surface area contributed by atoms with E-state index in [4.69, 9.17) is 5.11 Å². The third-order valence-electron chi connectivity index (χ3n) is 2.82. The molecule has 0 atom stereocenters. The van der Waals surface area contributed by atoms with Crippen molar-refractivity contribution in [3.63, 3.8) is 0 Å². The summed E-state index contributed by atoms with van der Waals surface area (Å²) in [6.07, 6.45) is 2.17. The van der Waals surface area contributed by atoms with Crippen LogP contribution in [0.2, 0.25) is 0 Å². The summed E-state index contributed by atoms with van der Waals surface area (Å²) in [7, 11) is 0. The Hall–Kier alpha value is -1.69. The summed E-state index contributed by atoms with van der Waals surface area (Å²) >= 11 is 0. The van der Waals surface area contributed by atoms with Crippen LogP contribution in [0.15, 0.2) is 18.2 Å². The van der Waals surface area contributed by atoms with Crippen LogP contribution in [-0.4, -0.2) is 35.7 Å². The number of hydrogen-bond acceptors (Lipinski definition) is 2. The predicted octanol–water partition coefficient (Wildman–Crippen LogP) is 2.98. The summed E-state index contributed by atoms with van der Waals surface area (Å²) in [6, 6.07) is 2.41. The van der Waals surface area contributed by atoms with Crippen LogP contribution >= 0.6 is 0 Å². The van der Waals surface area contributed by atoms with Gasteiger partial charge in [-0.1, -0.05) is 13.3 Å². The van der Waals surface area contributed by atoms with Crippen molar-refractivity contribution in [3.05, 3.63) is 29.8 Å². The van der Waals surface area contributed by atoms with Crippen molar-refractivity contribution in [2.75, 3.05) is 25.0 Å². The van der Waals surface area contributed by atoms with Gasteiger partial charge in [0, 0.05) is 25.8 Å². The van der Waals surface area contributed by atoms with Crippen molar-refractivity contribution in [3.8, 4) is 0 Å². The maximum atomic E-state index is 13.5. The molecule has 0 aliphatic carbocycles. The molecular formula is C14H20F2N2O2. The Kier molecular flexibility index (Phi) is 6.93. The van der Waals surface area contributed by atoms with Gasteiger partial charge in [-0.2, -0.15) is 0 Å². The first-order chi connectivity index (χ1) is 9.58. The molecule has 2 amide bonds. The fourth-order valence-corrected chi connectivity index (χ4v) is 1.71. The van der Waals surface area contributed by atoms with Gasteiger partial charge >= 0.3 is 6.03 Å². The third-order valence-corrected chi connectivity index (χ3v) is 2.82. The number of anilines is 1. The molecule has 0 heterocycles. The highest BCUT2D eigenvalue weighted by molar-refractivity contribution is 5.89. The standard InChI is InChI=1S/C14H20F2N2O2/c1-2-3-7-18(8-4-9-19)14(20)17-13-10-11(15)5-6-12(13)16/h5-6,10,19H,2-4,7-9H2,1H3,(H,17,20). The van der Waals surface area contributed by atoms with Gasteiger partial charge in [0.1, 0.15) is 11.6 Å². The minimum absolute atomic E-state index is 0.0236. The molecule has 0 aliphatic heterocycles. The van der Waals surface area contributed by atoms with Crippen molar-refractivity contribution in [1.29, 1.82) is 0 Å². The van der Waals surface area contributed by atoms with E-state index in [0.717, 1.165) is 31.0 Å². The number of carbonyl (C=O) groups excluding carboxylic acids is 1. The number of amides is 2. The zero-order valence-corrected chi connectivity index (χ0v) is 11.5. The van der Waals surface area contributed by atoms with Gasteiger partial charge in [0.2, 0.25) is 0 Å². The number of benzene rings is 1. The molecule has 20 heavy (non-hydrogen) atoms. The number of aliphatic hydroxyl groups is 1. The highest BCUT2D eigenvalue weighted by Gasteiger charge is 2.15. The average molecular weight is 286 g/mol. The van der Waals surface area contributed by atoms with Crippen LogP contribution in [0.3, 0.4) is 0 Å². The molecule has 1 aromatic rings. The van der Waals surface area contributed by atoms with Gasteiger partial charge < -0.3 is 15.3 Å². The van der Waals surface area contributed by atoms with Gasteiger partial charge in [-0.05, 0) is 25.0 Å². The van der Waals surface area contributed by atoms with Gasteiger partial charge in [0.25, 0.3) is 0 Å². The quantitative estimate of drug-likeness (QED) is 0.809. The number of urea groups is 1. The maximum Gasteiger partial charge on any atom is 0.321 e. The number of hydrogen-bond donors (Lipinski definition) is 2. The molecule has 0 radical (unpaired) electrons. The fraction of sp³-hybridized carbons (Fsp3) is 0.500. The Morgan fingerprint density at radius 3 is 2.65 bits per heavy atom. The Morgan fingerprint density at radius 2 is 2.00 bits per heavy atom. The molecule has 0 saturated heterocycles. The van der Waals surface area contributed by atoms with E-state index < -0.39 is 17.7 Å². The van der Waals surface area contributed by atoms with Crippen LogP contribution in [0, 0.1) is 11.6 Å². The monoisotopic (exact) mass is 286 g/mol. The van der Waals surface area contributed by atoms with E-state index in [1.807, 2.05) is 6.92 Å². The summed E-state index contributed by atoms with van der Waals surface area (Å²) in [5, 5.41) is 11.2. The van der Waals surface area contributed by atoms with Crippen LogP contribution in [0.5, 0.6) is 0 Å². The van der Waals surface area contributed by atoms with E-state index in [9.17, 15) is 13.6 Å². The molecule has 0 bridgehead atoms. The first-order valence-electron chi connectivity index (χ1n) is 6.70. The van der Waals surface area contributed by atoms with E-state index in [0.29, 0.717) is 19.5 Å². The molecule has 2 N–H and O–H groups in total. The number of aliphatic hydroxyl groups excluding tert-OH is 1. The molecule has 0 saturated carbocycles. The van der Waals surface area contributed by atoms with E-state index in [2.05, 4.69) is 5.32 Å². The summed E-state index contributed by atoms with van der Waals surface area (Å²) in [5.74, 6) is -1.30. The van der Waals surface area contributed by atoms with E-state index in [1.54, 1.807) is 0 Å². The molecule has 0 aliphatic rings. The van der Waals surface area contributed by atoms with Crippen LogP contribution in [-0.2, 0) is 0 Å². The fourth-order valence-electron chi connectivity index (χ4n) is 1.71. The Morgan fingerprint density at radius 1 is 1.30 bits per heavy atom. The number of carbonyl (C=O) groups is 1. The molecule has 0 spiro atoms. The highest BCUT2D eigenvalue weighted by Crippen LogP contribution is 2.16. The van der Waals surface area contributed by atoms with E-state index in [-0.39, 0.29) is 12.3 Å². The second-order valence-electron chi connectivity index (χ2n) is 4.47. The SMILES string of the molecule is CCCCN(CCCO)C(=O)Nc1cc(F)ccc1F. The second-order valence-corrected chi connectivity index (χ2v) is 4.47. The zero-order valence-electron chi connectivity index (χ0n) is 11.5. The first-order valence-corrected chi connectivity index (χ1v) is 6.70. The van der Waals surface area contributed by atoms with Crippen LogP contribution < -0.4 is 5.32 Å². The Labute approximate surface area is 117 Å². The Bertz CT molecular complexity index is 433. The van der Waals surface area contributed by atoms with Gasteiger partial charge in [0.05, 0.1) is 5.69 Å². The number of unbranched alkanes of at least 4 members (excludes halogenated alkanes) is 1. The van der Waals surface area contributed by atoms with Crippen molar-refractivity contribution in [1.82, 2.24) is 4.90 Å². The second kappa shape index (κ2) is 8.47. The van der Waals surface area contributed by atoms with Crippen molar-refractivity contribution >= 4 is 11.7 Å². The van der Waals surface area contributed by atoms with Crippen LogP contribution in [0.1, 0.15) is 26.2 Å². The van der Waals surface area contributed by atoms with Gasteiger partial charge in [-0.3, -0.25) is 0 Å². The summed E-state index contributed by atoms with van der Waals surface area (Å²) in [4.78, 5) is 13.5. The average Bonchev–Trinajstić information content (AvgIpc) is 2.43. The minimum Gasteiger partial charge on any atom is -0.396 e. The van der Waals surface area contributed by atoms with Gasteiger partial charge in [-0.25, -0.2) is 13.6 Å². The lowest BCUT2D eigenvalue weighted by Crippen LogP contribution is -2.37. The molecular weight excluding hydrogens is 266 g/mol. The predicted molar refractivity (Wildman–Crippen MR) is 73.6 cm³/mol. The summed E-state index contributed by atoms with van der Waals surface area (Å²) in [5.41, 5.74) is -0.180. The summed E-state index contributed by atoms with van der Waals surface area (Å²) in [6.45, 7) is 2.86. The molecule has 0 fully saturated rings. The van der Waals surface area contributed by atoms with Crippen molar-refractivity contribution in [2.45, 2.75) is 26.2 Å². The largest absolute Gasteiger partial charge is 0.396 e. The molecule has 1 aromatic carbocycles.